The van der Waals surface area contributed by atoms with E-state index < -0.39 is 11.9 Å². The smallest absolute Gasteiger partial charge is 0.339 e. The van der Waals surface area contributed by atoms with Crippen LogP contribution in [0.2, 0.25) is 0 Å². The van der Waals surface area contributed by atoms with Crippen LogP contribution < -0.4 is 5.32 Å². The van der Waals surface area contributed by atoms with Crippen LogP contribution in [0.1, 0.15) is 16.8 Å². The lowest BCUT2D eigenvalue weighted by molar-refractivity contribution is -0.115. The molecule has 1 heterocycles. The third-order valence-corrected chi connectivity index (χ3v) is 2.72. The summed E-state index contributed by atoms with van der Waals surface area (Å²) in [5, 5.41) is 11.1. The summed E-state index contributed by atoms with van der Waals surface area (Å²) >= 11 is 0. The van der Waals surface area contributed by atoms with Crippen molar-refractivity contribution < 1.29 is 14.3 Å². The lowest BCUT2D eigenvalue weighted by Gasteiger charge is -2.11. The summed E-state index contributed by atoms with van der Waals surface area (Å²) in [6.07, 6.45) is 4.64. The Morgan fingerprint density at radius 3 is 2.90 bits per heavy atom. The van der Waals surface area contributed by atoms with Crippen LogP contribution in [0.3, 0.4) is 0 Å². The maximum Gasteiger partial charge on any atom is 0.339 e. The van der Waals surface area contributed by atoms with Gasteiger partial charge in [0.05, 0.1) is 30.8 Å². The summed E-state index contributed by atoms with van der Waals surface area (Å²) in [6.45, 7) is 0. The highest BCUT2D eigenvalue weighted by atomic mass is 16.5. The molecule has 0 aliphatic rings. The minimum absolute atomic E-state index is 0.215. The number of methoxy groups -OCH3 is 1. The highest BCUT2D eigenvalue weighted by Gasteiger charge is 2.15. The molecule has 0 bridgehead atoms. The summed E-state index contributed by atoms with van der Waals surface area (Å²) in [4.78, 5) is 27.2. The molecule has 2 aromatic rings. The number of nitriles is 1. The lowest BCUT2D eigenvalue weighted by atomic mass is 10.1. The molecule has 0 fully saturated rings. The van der Waals surface area contributed by atoms with Gasteiger partial charge in [0.2, 0.25) is 5.91 Å². The number of aromatic nitrogens is 2. The van der Waals surface area contributed by atoms with Gasteiger partial charge in [-0.15, -0.1) is 0 Å². The van der Waals surface area contributed by atoms with Gasteiger partial charge in [-0.1, -0.05) is 0 Å². The van der Waals surface area contributed by atoms with Crippen molar-refractivity contribution >= 4 is 17.6 Å². The normalized spacial score (nSPS) is 9.71. The Morgan fingerprint density at radius 1 is 1.48 bits per heavy atom. The van der Waals surface area contributed by atoms with Gasteiger partial charge in [-0.3, -0.25) is 4.79 Å². The lowest BCUT2D eigenvalue weighted by Crippen LogP contribution is -2.15. The van der Waals surface area contributed by atoms with E-state index in [2.05, 4.69) is 15.0 Å². The fourth-order valence-corrected chi connectivity index (χ4v) is 1.76. The van der Waals surface area contributed by atoms with E-state index in [9.17, 15) is 9.59 Å². The van der Waals surface area contributed by atoms with E-state index in [0.717, 1.165) is 0 Å². The molecule has 0 saturated heterocycles. The number of amides is 1. The maximum atomic E-state index is 11.7. The second-order valence-electron chi connectivity index (χ2n) is 4.07. The van der Waals surface area contributed by atoms with Crippen LogP contribution in [0, 0.1) is 11.3 Å². The largest absolute Gasteiger partial charge is 0.465 e. The second kappa shape index (κ2) is 6.34. The predicted molar refractivity (Wildman–Crippen MR) is 73.8 cm³/mol. The van der Waals surface area contributed by atoms with E-state index >= 15 is 0 Å². The minimum Gasteiger partial charge on any atom is -0.465 e. The Bertz CT molecular complexity index is 702. The third kappa shape index (κ3) is 3.25. The maximum absolute atomic E-state index is 11.7. The predicted octanol–water partition coefficient (Wildman–Crippen LogP) is 1.51. The van der Waals surface area contributed by atoms with Gasteiger partial charge in [0.15, 0.2) is 0 Å². The Kier molecular flexibility index (Phi) is 4.31. The van der Waals surface area contributed by atoms with Gasteiger partial charge >= 0.3 is 5.97 Å². The number of rotatable bonds is 4. The molecule has 0 aliphatic carbocycles. The zero-order valence-electron chi connectivity index (χ0n) is 11.2. The molecule has 2 rings (SSSR count). The average molecular weight is 284 g/mol. The summed E-state index contributed by atoms with van der Waals surface area (Å²) in [5.74, 6) is -1.06. The number of carbonyl (C=O) groups excluding carboxylic acids is 2. The fourth-order valence-electron chi connectivity index (χ4n) is 1.76. The number of benzene rings is 1. The first kappa shape index (κ1) is 14.3. The number of nitrogens with zero attached hydrogens (tertiary/aromatic N) is 3. The van der Waals surface area contributed by atoms with Gasteiger partial charge in [-0.05, 0) is 18.2 Å². The number of carbonyl (C=O) groups is 2. The summed E-state index contributed by atoms with van der Waals surface area (Å²) in [6, 6.07) is 6.61. The first-order valence-electron chi connectivity index (χ1n) is 6.03. The molecular formula is C14H12N4O3. The first-order chi connectivity index (χ1) is 10.2. The molecule has 7 heteroatoms. The number of hydrogen-bond acceptors (Lipinski definition) is 5. The van der Waals surface area contributed by atoms with E-state index in [4.69, 9.17) is 5.26 Å². The van der Waals surface area contributed by atoms with Crippen molar-refractivity contribution in [1.82, 2.24) is 9.55 Å². The molecule has 106 valence electrons. The van der Waals surface area contributed by atoms with Crippen LogP contribution in [0.15, 0.2) is 36.9 Å². The SMILES string of the molecule is COC(=O)c1ccc(-n2ccnc2)cc1NC(=O)CC#N. The molecule has 1 amide bonds. The van der Waals surface area contributed by atoms with Crippen molar-refractivity contribution in [1.29, 1.82) is 5.26 Å². The van der Waals surface area contributed by atoms with Crippen LogP contribution in [0.4, 0.5) is 5.69 Å². The van der Waals surface area contributed by atoms with Crippen molar-refractivity contribution in [2.24, 2.45) is 0 Å². The van der Waals surface area contributed by atoms with Gasteiger partial charge in [0.1, 0.15) is 6.42 Å². The molecule has 21 heavy (non-hydrogen) atoms. The van der Waals surface area contributed by atoms with Gasteiger partial charge in [-0.25, -0.2) is 9.78 Å². The zero-order chi connectivity index (χ0) is 15.2. The Labute approximate surface area is 120 Å². The summed E-state index contributed by atoms with van der Waals surface area (Å²) < 4.78 is 6.40. The first-order valence-corrected chi connectivity index (χ1v) is 6.03. The molecule has 0 aliphatic heterocycles. The topological polar surface area (TPSA) is 97.0 Å². The average Bonchev–Trinajstić information content (AvgIpc) is 3.01. The van der Waals surface area contributed by atoms with Crippen LogP contribution in [-0.4, -0.2) is 28.5 Å². The number of anilines is 1. The molecule has 0 atom stereocenters. The molecule has 7 nitrogen and oxygen atoms in total. The number of nitrogens with one attached hydrogen (secondary N) is 1. The Hall–Kier alpha value is -3.14. The summed E-state index contributed by atoms with van der Waals surface area (Å²) in [7, 11) is 1.26. The van der Waals surface area contributed by atoms with E-state index in [1.165, 1.54) is 7.11 Å². The van der Waals surface area contributed by atoms with Gasteiger partial charge in [0, 0.05) is 18.1 Å². The minimum atomic E-state index is -0.570. The second-order valence-corrected chi connectivity index (χ2v) is 4.07. The van der Waals surface area contributed by atoms with Crippen LogP contribution in [0.5, 0.6) is 0 Å². The van der Waals surface area contributed by atoms with Gasteiger partial charge < -0.3 is 14.6 Å². The van der Waals surface area contributed by atoms with Crippen molar-refractivity contribution in [3.05, 3.63) is 42.5 Å². The molecule has 1 aromatic carbocycles. The molecule has 0 spiro atoms. The molecule has 0 unspecified atom stereocenters. The Balaban J connectivity index is 2.41. The fraction of sp³-hybridized carbons (Fsp3) is 0.143. The van der Waals surface area contributed by atoms with E-state index in [1.54, 1.807) is 47.6 Å². The molecule has 1 aromatic heterocycles. The number of imidazole rings is 1. The Morgan fingerprint density at radius 2 is 2.29 bits per heavy atom. The van der Waals surface area contributed by atoms with Crippen LogP contribution in [-0.2, 0) is 9.53 Å². The highest BCUT2D eigenvalue weighted by Crippen LogP contribution is 2.21. The summed E-state index contributed by atoms with van der Waals surface area (Å²) in [5.41, 5.74) is 1.22. The number of hydrogen-bond donors (Lipinski definition) is 1. The van der Waals surface area contributed by atoms with E-state index in [0.29, 0.717) is 5.69 Å². The van der Waals surface area contributed by atoms with Crippen LogP contribution in [0.25, 0.3) is 5.69 Å². The van der Waals surface area contributed by atoms with Crippen molar-refractivity contribution in [2.45, 2.75) is 6.42 Å². The van der Waals surface area contributed by atoms with Crippen molar-refractivity contribution in [3.63, 3.8) is 0 Å². The number of ether oxygens (including phenoxy) is 1. The molecular weight excluding hydrogens is 272 g/mol. The quantitative estimate of drug-likeness (QED) is 0.858. The van der Waals surface area contributed by atoms with Gasteiger partial charge in [-0.2, -0.15) is 5.26 Å². The number of esters is 1. The highest BCUT2D eigenvalue weighted by molar-refractivity contribution is 6.02. The van der Waals surface area contributed by atoms with E-state index in [1.807, 2.05) is 0 Å². The molecule has 0 saturated carbocycles. The standard InChI is InChI=1S/C14H12N4O3/c1-21-14(20)11-3-2-10(18-7-6-16-9-18)8-12(11)17-13(19)4-5-15/h2-3,6-9H,4H2,1H3,(H,17,19). The molecule has 1 N–H and O–H groups in total. The molecule has 0 radical (unpaired) electrons. The van der Waals surface area contributed by atoms with Crippen molar-refractivity contribution in [2.75, 3.05) is 12.4 Å². The van der Waals surface area contributed by atoms with Gasteiger partial charge in [0.25, 0.3) is 0 Å². The monoisotopic (exact) mass is 284 g/mol. The van der Waals surface area contributed by atoms with E-state index in [-0.39, 0.29) is 17.7 Å². The van der Waals surface area contributed by atoms with Crippen LogP contribution >= 0.6 is 0 Å². The third-order valence-electron chi connectivity index (χ3n) is 2.72. The van der Waals surface area contributed by atoms with Crippen molar-refractivity contribution in [3.8, 4) is 11.8 Å². The zero-order valence-corrected chi connectivity index (χ0v) is 11.2.